The van der Waals surface area contributed by atoms with Crippen LogP contribution in [0, 0.1) is 6.92 Å². The van der Waals surface area contributed by atoms with Crippen LogP contribution in [0.15, 0.2) is 53.6 Å². The summed E-state index contributed by atoms with van der Waals surface area (Å²) in [4.78, 5) is 18.9. The number of sulfonamides is 1. The van der Waals surface area contributed by atoms with Gasteiger partial charge in [0.15, 0.2) is 0 Å². The quantitative estimate of drug-likeness (QED) is 0.352. The van der Waals surface area contributed by atoms with Crippen LogP contribution in [0.25, 0.3) is 16.0 Å². The van der Waals surface area contributed by atoms with Gasteiger partial charge in [-0.3, -0.25) is 13.4 Å². The third-order valence-corrected chi connectivity index (χ3v) is 8.29. The van der Waals surface area contributed by atoms with E-state index in [-0.39, 0.29) is 20.6 Å². The molecule has 14 heteroatoms. The second-order valence-electron chi connectivity index (χ2n) is 6.80. The SMILES string of the molecule is Cc1nnc(-n2ccc3cc(N(CP(=O)(O)O)S(=O)(=O)c4cc(Cl)cc(Cl)c4)ccc32)s1. The smallest absolute Gasteiger partial charge is 0.323 e. The monoisotopic (exact) mass is 532 g/mol. The molecular weight excluding hydrogens is 518 g/mol. The second kappa shape index (κ2) is 8.42. The largest absolute Gasteiger partial charge is 0.345 e. The average Bonchev–Trinajstić information content (AvgIpc) is 3.30. The van der Waals surface area contributed by atoms with Crippen molar-refractivity contribution in [3.63, 3.8) is 0 Å². The minimum Gasteiger partial charge on any atom is -0.323 e. The number of hydrogen-bond acceptors (Lipinski definition) is 6. The van der Waals surface area contributed by atoms with Crippen molar-refractivity contribution in [1.82, 2.24) is 14.8 Å². The number of rotatable bonds is 6. The molecule has 4 rings (SSSR count). The van der Waals surface area contributed by atoms with Crippen LogP contribution in [-0.4, -0.2) is 39.3 Å². The Morgan fingerprint density at radius 1 is 1.09 bits per heavy atom. The molecule has 0 bridgehead atoms. The van der Waals surface area contributed by atoms with Crippen molar-refractivity contribution in [2.24, 2.45) is 0 Å². The molecule has 0 radical (unpaired) electrons. The van der Waals surface area contributed by atoms with Crippen LogP contribution in [-0.2, 0) is 14.6 Å². The lowest BCUT2D eigenvalue weighted by atomic mass is 10.2. The fraction of sp³-hybridized carbons (Fsp3) is 0.111. The fourth-order valence-corrected chi connectivity index (χ4v) is 7.20. The Hall–Kier alpha value is -1.98. The summed E-state index contributed by atoms with van der Waals surface area (Å²) >= 11 is 13.3. The van der Waals surface area contributed by atoms with E-state index < -0.39 is 23.9 Å². The zero-order valence-corrected chi connectivity index (χ0v) is 20.3. The van der Waals surface area contributed by atoms with Crippen LogP contribution in [0.3, 0.4) is 0 Å². The van der Waals surface area contributed by atoms with Gasteiger partial charge in [-0.15, -0.1) is 10.2 Å². The highest BCUT2D eigenvalue weighted by Gasteiger charge is 2.32. The molecule has 0 atom stereocenters. The normalized spacial score (nSPS) is 12.4. The van der Waals surface area contributed by atoms with E-state index in [9.17, 15) is 22.8 Å². The number of nitrogens with zero attached hydrogens (tertiary/aromatic N) is 4. The minimum absolute atomic E-state index is 0.0723. The number of fused-ring (bicyclic) bond motifs is 1. The average molecular weight is 533 g/mol. The first-order valence-corrected chi connectivity index (χ1v) is 13.7. The van der Waals surface area contributed by atoms with Gasteiger partial charge in [0.05, 0.1) is 16.1 Å². The van der Waals surface area contributed by atoms with Crippen LogP contribution >= 0.6 is 42.1 Å². The first kappa shape index (κ1) is 23.2. The van der Waals surface area contributed by atoms with Crippen molar-refractivity contribution in [3.05, 3.63) is 63.7 Å². The van der Waals surface area contributed by atoms with Crippen LogP contribution in [0.5, 0.6) is 0 Å². The van der Waals surface area contributed by atoms with Gasteiger partial charge in [-0.1, -0.05) is 34.5 Å². The van der Waals surface area contributed by atoms with E-state index in [1.54, 1.807) is 22.9 Å². The third-order valence-electron chi connectivity index (χ3n) is 4.42. The van der Waals surface area contributed by atoms with Crippen molar-refractivity contribution >= 4 is 68.7 Å². The standard InChI is InChI=1S/C18H15Cl2N4O5PS2/c1-11-21-22-18(31-11)23-5-4-12-6-15(2-3-17(12)23)24(10-30(25,26)27)32(28,29)16-8-13(19)7-14(20)9-16/h2-9H,10H2,1H3,(H2,25,26,27). The number of aryl methyl sites for hydroxylation is 1. The van der Waals surface area contributed by atoms with Crippen LogP contribution < -0.4 is 4.31 Å². The molecule has 0 saturated heterocycles. The van der Waals surface area contributed by atoms with E-state index in [1.807, 2.05) is 6.92 Å². The molecule has 0 saturated carbocycles. The summed E-state index contributed by atoms with van der Waals surface area (Å²) in [7, 11) is -9.17. The molecule has 0 aliphatic rings. The molecular formula is C18H15Cl2N4O5PS2. The fourth-order valence-electron chi connectivity index (χ4n) is 3.10. The molecule has 0 fully saturated rings. The Morgan fingerprint density at radius 3 is 2.38 bits per heavy atom. The van der Waals surface area contributed by atoms with Gasteiger partial charge in [0.25, 0.3) is 10.0 Å². The van der Waals surface area contributed by atoms with Crippen molar-refractivity contribution in [2.45, 2.75) is 11.8 Å². The molecule has 2 N–H and O–H groups in total. The maximum absolute atomic E-state index is 13.3. The molecule has 0 aliphatic carbocycles. The second-order valence-corrected chi connectivity index (χ2v) is 12.3. The van der Waals surface area contributed by atoms with Gasteiger partial charge in [0.2, 0.25) is 5.13 Å². The van der Waals surface area contributed by atoms with E-state index in [0.29, 0.717) is 14.8 Å². The number of hydrogen-bond donors (Lipinski definition) is 2. The Kier molecular flexibility index (Phi) is 6.10. The van der Waals surface area contributed by atoms with Crippen LogP contribution in [0.4, 0.5) is 5.69 Å². The van der Waals surface area contributed by atoms with Gasteiger partial charge < -0.3 is 9.79 Å². The maximum Gasteiger partial charge on any atom is 0.345 e. The highest BCUT2D eigenvalue weighted by molar-refractivity contribution is 7.93. The number of benzene rings is 2. The Balaban J connectivity index is 1.84. The lowest BCUT2D eigenvalue weighted by Crippen LogP contribution is -2.32. The maximum atomic E-state index is 13.3. The summed E-state index contributed by atoms with van der Waals surface area (Å²) in [5.74, 6) is 0. The molecule has 2 aromatic carbocycles. The van der Waals surface area contributed by atoms with E-state index in [2.05, 4.69) is 10.2 Å². The molecule has 9 nitrogen and oxygen atoms in total. The molecule has 0 amide bonds. The first-order chi connectivity index (χ1) is 14.9. The molecule has 0 aliphatic heterocycles. The predicted octanol–water partition coefficient (Wildman–Crippen LogP) is 4.43. The highest BCUT2D eigenvalue weighted by Crippen LogP contribution is 2.40. The van der Waals surface area contributed by atoms with Gasteiger partial charge >= 0.3 is 7.60 Å². The molecule has 32 heavy (non-hydrogen) atoms. The predicted molar refractivity (Wildman–Crippen MR) is 125 cm³/mol. The lowest BCUT2D eigenvalue weighted by molar-refractivity contribution is 0.373. The summed E-state index contributed by atoms with van der Waals surface area (Å²) in [5, 5.41) is 10.3. The summed E-state index contributed by atoms with van der Waals surface area (Å²) in [6, 6.07) is 10.1. The summed E-state index contributed by atoms with van der Waals surface area (Å²) in [5.41, 5.74) is 0.798. The minimum atomic E-state index is -4.77. The summed E-state index contributed by atoms with van der Waals surface area (Å²) in [6.45, 7) is 1.83. The Morgan fingerprint density at radius 2 is 1.78 bits per heavy atom. The topological polar surface area (TPSA) is 126 Å². The number of halogens is 2. The summed E-state index contributed by atoms with van der Waals surface area (Å²) < 4.78 is 40.9. The third kappa shape index (κ3) is 4.69. The zero-order valence-electron chi connectivity index (χ0n) is 16.3. The van der Waals surface area contributed by atoms with Gasteiger partial charge in [0.1, 0.15) is 11.3 Å². The Bertz CT molecular complexity index is 1460. The number of anilines is 1. The van der Waals surface area contributed by atoms with Gasteiger partial charge in [-0.2, -0.15) is 0 Å². The highest BCUT2D eigenvalue weighted by atomic mass is 35.5. The van der Waals surface area contributed by atoms with Gasteiger partial charge in [0, 0.05) is 21.6 Å². The van der Waals surface area contributed by atoms with Crippen molar-refractivity contribution in [3.8, 4) is 5.13 Å². The van der Waals surface area contributed by atoms with E-state index >= 15 is 0 Å². The summed E-state index contributed by atoms with van der Waals surface area (Å²) in [6.07, 6.45) is 0.703. The van der Waals surface area contributed by atoms with Gasteiger partial charge in [-0.05, 0) is 49.4 Å². The van der Waals surface area contributed by atoms with E-state index in [4.69, 9.17) is 23.2 Å². The van der Waals surface area contributed by atoms with Crippen molar-refractivity contribution < 1.29 is 22.8 Å². The van der Waals surface area contributed by atoms with Crippen LogP contribution in [0.1, 0.15) is 5.01 Å². The molecule has 2 heterocycles. The number of aromatic nitrogens is 3. The van der Waals surface area contributed by atoms with E-state index in [1.165, 1.54) is 41.7 Å². The Labute approximate surface area is 197 Å². The van der Waals surface area contributed by atoms with Crippen molar-refractivity contribution in [1.29, 1.82) is 0 Å². The lowest BCUT2D eigenvalue weighted by Gasteiger charge is -2.25. The molecule has 0 spiro atoms. The van der Waals surface area contributed by atoms with Gasteiger partial charge in [-0.25, -0.2) is 8.42 Å². The van der Waals surface area contributed by atoms with Crippen LogP contribution in [0.2, 0.25) is 10.0 Å². The zero-order chi connectivity index (χ0) is 23.3. The molecule has 168 valence electrons. The molecule has 2 aromatic heterocycles. The molecule has 4 aromatic rings. The molecule has 0 unspecified atom stereocenters. The van der Waals surface area contributed by atoms with E-state index in [0.717, 1.165) is 10.5 Å². The first-order valence-electron chi connectivity index (χ1n) is 8.89. The van der Waals surface area contributed by atoms with Crippen molar-refractivity contribution in [2.75, 3.05) is 10.6 Å².